The molecule has 0 fully saturated rings. The highest BCUT2D eigenvalue weighted by molar-refractivity contribution is 8.00. The van der Waals surface area contributed by atoms with E-state index < -0.39 is 17.0 Å². The Labute approximate surface area is 158 Å². The minimum atomic E-state index is -4.53. The van der Waals surface area contributed by atoms with Gasteiger partial charge in [-0.05, 0) is 42.8 Å². The van der Waals surface area contributed by atoms with Gasteiger partial charge in [-0.15, -0.1) is 11.8 Å². The van der Waals surface area contributed by atoms with E-state index in [4.69, 9.17) is 16.3 Å². The smallest absolute Gasteiger partial charge is 0.417 e. The van der Waals surface area contributed by atoms with Crippen molar-refractivity contribution in [1.82, 2.24) is 5.32 Å². The Morgan fingerprint density at radius 1 is 1.23 bits per heavy atom. The fraction of sp³-hybridized carbons (Fsp3) is 0.278. The van der Waals surface area contributed by atoms with Crippen molar-refractivity contribution in [2.45, 2.75) is 29.8 Å². The number of methoxy groups -OCH3 is 1. The van der Waals surface area contributed by atoms with E-state index in [2.05, 4.69) is 5.32 Å². The molecule has 0 saturated heterocycles. The number of carbonyl (C=O) groups is 1. The van der Waals surface area contributed by atoms with Crippen LogP contribution in [0.25, 0.3) is 0 Å². The quantitative estimate of drug-likeness (QED) is 0.677. The van der Waals surface area contributed by atoms with Gasteiger partial charge in [0.2, 0.25) is 5.91 Å². The van der Waals surface area contributed by atoms with Crippen molar-refractivity contribution < 1.29 is 22.7 Å². The Morgan fingerprint density at radius 3 is 2.46 bits per heavy atom. The Kier molecular flexibility index (Phi) is 6.83. The van der Waals surface area contributed by atoms with Crippen molar-refractivity contribution in [2.75, 3.05) is 7.11 Å². The molecule has 0 aliphatic carbocycles. The van der Waals surface area contributed by atoms with Crippen molar-refractivity contribution in [2.24, 2.45) is 0 Å². The summed E-state index contributed by atoms with van der Waals surface area (Å²) < 4.78 is 43.8. The number of rotatable bonds is 6. The Hall–Kier alpha value is -1.86. The molecule has 140 valence electrons. The Morgan fingerprint density at radius 2 is 1.88 bits per heavy atom. The van der Waals surface area contributed by atoms with E-state index in [-0.39, 0.29) is 10.9 Å². The molecule has 0 heterocycles. The van der Waals surface area contributed by atoms with Gasteiger partial charge in [-0.1, -0.05) is 23.7 Å². The molecule has 0 aromatic heterocycles. The second kappa shape index (κ2) is 8.68. The van der Waals surface area contributed by atoms with Crippen molar-refractivity contribution in [3.05, 3.63) is 58.6 Å². The SMILES string of the molecule is COc1ccc(CNC(=O)C(C)Sc2ccc(Cl)c(C(F)(F)F)c2)cc1. The molecule has 0 aliphatic heterocycles. The molecule has 1 unspecified atom stereocenters. The summed E-state index contributed by atoms with van der Waals surface area (Å²) in [7, 11) is 1.57. The maximum absolute atomic E-state index is 12.9. The zero-order valence-corrected chi connectivity index (χ0v) is 15.6. The molecule has 1 atom stereocenters. The van der Waals surface area contributed by atoms with Gasteiger partial charge in [0.15, 0.2) is 0 Å². The zero-order valence-electron chi connectivity index (χ0n) is 14.1. The maximum Gasteiger partial charge on any atom is 0.417 e. The van der Waals surface area contributed by atoms with Crippen LogP contribution in [-0.4, -0.2) is 18.3 Å². The highest BCUT2D eigenvalue weighted by Gasteiger charge is 2.33. The second-order valence-electron chi connectivity index (χ2n) is 5.47. The van der Waals surface area contributed by atoms with Gasteiger partial charge >= 0.3 is 6.18 Å². The summed E-state index contributed by atoms with van der Waals surface area (Å²) in [6.45, 7) is 1.96. The lowest BCUT2D eigenvalue weighted by molar-refractivity contribution is -0.137. The highest BCUT2D eigenvalue weighted by Crippen LogP contribution is 2.37. The number of nitrogens with one attached hydrogen (secondary N) is 1. The number of amides is 1. The number of alkyl halides is 3. The van der Waals surface area contributed by atoms with E-state index in [1.165, 1.54) is 12.1 Å². The van der Waals surface area contributed by atoms with Crippen molar-refractivity contribution in [1.29, 1.82) is 0 Å². The first-order valence-corrected chi connectivity index (χ1v) is 8.90. The molecule has 0 spiro atoms. The van der Waals surface area contributed by atoms with Crippen LogP contribution >= 0.6 is 23.4 Å². The fourth-order valence-electron chi connectivity index (χ4n) is 2.13. The van der Waals surface area contributed by atoms with Crippen LogP contribution in [0.4, 0.5) is 13.2 Å². The van der Waals surface area contributed by atoms with E-state index in [0.717, 1.165) is 23.4 Å². The summed E-state index contributed by atoms with van der Waals surface area (Å²) in [4.78, 5) is 12.5. The second-order valence-corrected chi connectivity index (χ2v) is 7.29. The number of ether oxygens (including phenoxy) is 1. The van der Waals surface area contributed by atoms with Gasteiger partial charge in [0.1, 0.15) is 5.75 Å². The standard InChI is InChI=1S/C18H17ClF3NO2S/c1-11(17(24)23-10-12-3-5-13(25-2)6-4-12)26-14-7-8-16(19)15(9-14)18(20,21)22/h3-9,11H,10H2,1-2H3,(H,23,24). The van der Waals surface area contributed by atoms with Gasteiger partial charge in [-0.3, -0.25) is 4.79 Å². The van der Waals surface area contributed by atoms with Gasteiger partial charge < -0.3 is 10.1 Å². The molecule has 26 heavy (non-hydrogen) atoms. The van der Waals surface area contributed by atoms with E-state index >= 15 is 0 Å². The Balaban J connectivity index is 1.96. The molecule has 0 saturated carbocycles. The first kappa shape index (κ1) is 20.5. The number of thioether (sulfide) groups is 1. The molecule has 2 aromatic carbocycles. The van der Waals surface area contributed by atoms with Gasteiger partial charge in [0.25, 0.3) is 0 Å². The zero-order chi connectivity index (χ0) is 19.3. The number of carbonyl (C=O) groups excluding carboxylic acids is 1. The molecule has 2 aromatic rings. The molecular weight excluding hydrogens is 387 g/mol. The highest BCUT2D eigenvalue weighted by atomic mass is 35.5. The summed E-state index contributed by atoms with van der Waals surface area (Å²) in [5, 5.41) is 1.84. The molecule has 3 nitrogen and oxygen atoms in total. The predicted octanol–water partition coefficient (Wildman–Crippen LogP) is 5.16. The van der Waals surface area contributed by atoms with Crippen molar-refractivity contribution in [3.8, 4) is 5.75 Å². The van der Waals surface area contributed by atoms with Gasteiger partial charge in [0.05, 0.1) is 22.9 Å². The summed E-state index contributed by atoms with van der Waals surface area (Å²) in [5.41, 5.74) is -0.0165. The van der Waals surface area contributed by atoms with Crippen LogP contribution in [-0.2, 0) is 17.5 Å². The average Bonchev–Trinajstić information content (AvgIpc) is 2.60. The summed E-state index contributed by atoms with van der Waals surface area (Å²) in [6.07, 6.45) is -4.53. The summed E-state index contributed by atoms with van der Waals surface area (Å²) >= 11 is 6.64. The molecule has 8 heteroatoms. The number of halogens is 4. The molecular formula is C18H17ClF3NO2S. The molecule has 0 radical (unpaired) electrons. The van der Waals surface area contributed by atoms with Crippen molar-refractivity contribution in [3.63, 3.8) is 0 Å². The van der Waals surface area contributed by atoms with Crippen LogP contribution in [0.1, 0.15) is 18.1 Å². The third kappa shape index (κ3) is 5.57. The van der Waals surface area contributed by atoms with Crippen LogP contribution in [0, 0.1) is 0 Å². The largest absolute Gasteiger partial charge is 0.497 e. The molecule has 2 rings (SSSR count). The van der Waals surface area contributed by atoms with Gasteiger partial charge in [0, 0.05) is 11.4 Å². The first-order chi connectivity index (χ1) is 12.2. The number of hydrogen-bond donors (Lipinski definition) is 1. The minimum Gasteiger partial charge on any atom is -0.497 e. The summed E-state index contributed by atoms with van der Waals surface area (Å²) in [6, 6.07) is 10.8. The van der Waals surface area contributed by atoms with Gasteiger partial charge in [-0.2, -0.15) is 13.2 Å². The first-order valence-electron chi connectivity index (χ1n) is 7.64. The van der Waals surface area contributed by atoms with Crippen LogP contribution in [0.15, 0.2) is 47.4 Å². The topological polar surface area (TPSA) is 38.3 Å². The third-order valence-corrected chi connectivity index (χ3v) is 4.97. The predicted molar refractivity (Wildman–Crippen MR) is 96.6 cm³/mol. The van der Waals surface area contributed by atoms with E-state index in [0.29, 0.717) is 17.2 Å². The molecule has 1 amide bonds. The molecule has 1 N–H and O–H groups in total. The number of benzene rings is 2. The lowest BCUT2D eigenvalue weighted by atomic mass is 10.2. The number of hydrogen-bond acceptors (Lipinski definition) is 3. The van der Waals surface area contributed by atoms with Gasteiger partial charge in [-0.25, -0.2) is 0 Å². The fourth-order valence-corrected chi connectivity index (χ4v) is 3.28. The van der Waals surface area contributed by atoms with Crippen LogP contribution < -0.4 is 10.1 Å². The third-order valence-electron chi connectivity index (χ3n) is 3.55. The lowest BCUT2D eigenvalue weighted by Crippen LogP contribution is -2.30. The summed E-state index contributed by atoms with van der Waals surface area (Å²) in [5.74, 6) is 0.446. The molecule has 0 aliphatic rings. The van der Waals surface area contributed by atoms with Crippen LogP contribution in [0.2, 0.25) is 5.02 Å². The Bertz CT molecular complexity index is 766. The van der Waals surface area contributed by atoms with Crippen LogP contribution in [0.5, 0.6) is 5.75 Å². The lowest BCUT2D eigenvalue weighted by Gasteiger charge is -2.14. The normalized spacial score (nSPS) is 12.5. The monoisotopic (exact) mass is 403 g/mol. The van der Waals surface area contributed by atoms with Crippen molar-refractivity contribution >= 4 is 29.3 Å². The van der Waals surface area contributed by atoms with E-state index in [1.807, 2.05) is 12.1 Å². The molecule has 0 bridgehead atoms. The minimum absolute atomic E-state index is 0.269. The average molecular weight is 404 g/mol. The van der Waals surface area contributed by atoms with E-state index in [1.54, 1.807) is 26.2 Å². The van der Waals surface area contributed by atoms with E-state index in [9.17, 15) is 18.0 Å². The maximum atomic E-state index is 12.9. The van der Waals surface area contributed by atoms with Crippen LogP contribution in [0.3, 0.4) is 0 Å².